The molecular formula is C20H19N3O4. The van der Waals surface area contributed by atoms with Crippen LogP contribution in [0.25, 0.3) is 11.1 Å². The molecule has 1 aliphatic carbocycles. The van der Waals surface area contributed by atoms with Crippen LogP contribution in [0.1, 0.15) is 17.0 Å². The number of nitrogens with one attached hydrogen (secondary N) is 3. The summed E-state index contributed by atoms with van der Waals surface area (Å²) in [4.78, 5) is 22.9. The summed E-state index contributed by atoms with van der Waals surface area (Å²) in [6.07, 6.45) is 0.452. The number of hydrogen-bond acceptors (Lipinski definition) is 5. The van der Waals surface area contributed by atoms with E-state index in [0.29, 0.717) is 0 Å². The molecule has 4 N–H and O–H groups in total. The molecule has 0 radical (unpaired) electrons. The molecule has 138 valence electrons. The summed E-state index contributed by atoms with van der Waals surface area (Å²) in [7, 11) is 0. The number of aliphatic carboxylic acids is 1. The Kier molecular flexibility index (Phi) is 4.42. The number of carbonyl (C=O) groups excluding carboxylic acids is 1. The van der Waals surface area contributed by atoms with Crippen LogP contribution in [0.5, 0.6) is 0 Å². The molecule has 1 atom stereocenters. The first kappa shape index (κ1) is 17.0. The third kappa shape index (κ3) is 3.31. The molecule has 1 amide bonds. The maximum atomic E-state index is 12.1. The minimum Gasteiger partial charge on any atom is -0.477 e. The number of amides is 1. The standard InChI is InChI=1S/C20H19N3O4/c24-19(25)17-9-21-18(23-17)10-22-20(26)27-11-16-14-7-3-1-5-12(14)13-6-2-4-8-15(13)16/h1-9,16,18,21,23H,10-11H2,(H,22,26)(H,24,25). The van der Waals surface area contributed by atoms with Crippen molar-refractivity contribution < 1.29 is 19.4 Å². The van der Waals surface area contributed by atoms with Gasteiger partial charge in [0.25, 0.3) is 0 Å². The molecular weight excluding hydrogens is 346 g/mol. The monoisotopic (exact) mass is 365 g/mol. The number of carboxylic acid groups (broad SMARTS) is 1. The Bertz CT molecular complexity index is 879. The predicted molar refractivity (Wildman–Crippen MR) is 98.8 cm³/mol. The van der Waals surface area contributed by atoms with E-state index < -0.39 is 12.1 Å². The summed E-state index contributed by atoms with van der Waals surface area (Å²) in [6, 6.07) is 16.3. The molecule has 1 aliphatic heterocycles. The number of alkyl carbamates (subject to hydrolysis) is 1. The smallest absolute Gasteiger partial charge is 0.407 e. The fraction of sp³-hybridized carbons (Fsp3) is 0.200. The first-order valence-electron chi connectivity index (χ1n) is 8.68. The van der Waals surface area contributed by atoms with Gasteiger partial charge in [0.05, 0.1) is 6.54 Å². The van der Waals surface area contributed by atoms with Crippen molar-refractivity contribution in [1.29, 1.82) is 0 Å². The second-order valence-electron chi connectivity index (χ2n) is 6.43. The molecule has 1 unspecified atom stereocenters. The van der Waals surface area contributed by atoms with Crippen LogP contribution in [0.3, 0.4) is 0 Å². The average Bonchev–Trinajstić information content (AvgIpc) is 3.28. The van der Waals surface area contributed by atoms with Crippen LogP contribution in [0.15, 0.2) is 60.4 Å². The number of hydrogen-bond donors (Lipinski definition) is 4. The summed E-state index contributed by atoms with van der Waals surface area (Å²) in [6.45, 7) is 0.438. The molecule has 0 saturated heterocycles. The molecule has 2 aliphatic rings. The second kappa shape index (κ2) is 7.03. The van der Waals surface area contributed by atoms with Gasteiger partial charge in [-0.15, -0.1) is 0 Å². The van der Waals surface area contributed by atoms with E-state index in [-0.39, 0.29) is 30.9 Å². The summed E-state index contributed by atoms with van der Waals surface area (Å²) in [5, 5.41) is 17.1. The Balaban J connectivity index is 1.34. The van der Waals surface area contributed by atoms with Crippen molar-refractivity contribution in [3.05, 3.63) is 71.6 Å². The zero-order valence-corrected chi connectivity index (χ0v) is 14.4. The lowest BCUT2D eigenvalue weighted by Gasteiger charge is -2.16. The molecule has 7 nitrogen and oxygen atoms in total. The van der Waals surface area contributed by atoms with Crippen LogP contribution >= 0.6 is 0 Å². The van der Waals surface area contributed by atoms with Crippen molar-refractivity contribution in [2.75, 3.05) is 13.2 Å². The zero-order valence-electron chi connectivity index (χ0n) is 14.4. The number of carboxylic acids is 1. The van der Waals surface area contributed by atoms with Gasteiger partial charge >= 0.3 is 12.1 Å². The molecule has 2 aromatic carbocycles. The van der Waals surface area contributed by atoms with Crippen LogP contribution < -0.4 is 16.0 Å². The van der Waals surface area contributed by atoms with Crippen LogP contribution in [0, 0.1) is 0 Å². The summed E-state index contributed by atoms with van der Waals surface area (Å²) < 4.78 is 5.43. The minimum atomic E-state index is -1.05. The Morgan fingerprint density at radius 3 is 2.26 bits per heavy atom. The van der Waals surface area contributed by atoms with Gasteiger partial charge in [-0.1, -0.05) is 48.5 Å². The van der Waals surface area contributed by atoms with Crippen molar-refractivity contribution >= 4 is 12.1 Å². The molecule has 0 bridgehead atoms. The van der Waals surface area contributed by atoms with Crippen LogP contribution in [-0.2, 0) is 9.53 Å². The largest absolute Gasteiger partial charge is 0.477 e. The van der Waals surface area contributed by atoms with E-state index >= 15 is 0 Å². The topological polar surface area (TPSA) is 99.7 Å². The first-order valence-corrected chi connectivity index (χ1v) is 8.68. The van der Waals surface area contributed by atoms with Gasteiger partial charge in [-0.2, -0.15) is 0 Å². The highest BCUT2D eigenvalue weighted by Gasteiger charge is 2.29. The Hall–Kier alpha value is -3.48. The highest BCUT2D eigenvalue weighted by atomic mass is 16.5. The lowest BCUT2D eigenvalue weighted by molar-refractivity contribution is -0.133. The number of carbonyl (C=O) groups is 2. The maximum absolute atomic E-state index is 12.1. The fourth-order valence-electron chi connectivity index (χ4n) is 3.52. The minimum absolute atomic E-state index is 0.00570. The SMILES string of the molecule is O=C(NCC1NC=C(C(=O)O)N1)OCC1c2ccccc2-c2ccccc21. The van der Waals surface area contributed by atoms with Gasteiger partial charge in [-0.05, 0) is 22.3 Å². The summed E-state index contributed by atoms with van der Waals surface area (Å²) in [5.41, 5.74) is 4.72. The van der Waals surface area contributed by atoms with E-state index in [2.05, 4.69) is 40.2 Å². The Morgan fingerprint density at radius 2 is 1.67 bits per heavy atom. The van der Waals surface area contributed by atoms with Crippen molar-refractivity contribution in [3.63, 3.8) is 0 Å². The van der Waals surface area contributed by atoms with Gasteiger partial charge in [0.2, 0.25) is 0 Å². The lowest BCUT2D eigenvalue weighted by Crippen LogP contribution is -2.44. The van der Waals surface area contributed by atoms with Crippen molar-refractivity contribution in [1.82, 2.24) is 16.0 Å². The third-order valence-corrected chi connectivity index (χ3v) is 4.78. The highest BCUT2D eigenvalue weighted by Crippen LogP contribution is 2.44. The van der Waals surface area contributed by atoms with E-state index in [0.717, 1.165) is 11.1 Å². The number of fused-ring (bicyclic) bond motifs is 3. The first-order chi connectivity index (χ1) is 13.1. The number of rotatable bonds is 5. The van der Waals surface area contributed by atoms with Gasteiger partial charge in [-0.25, -0.2) is 9.59 Å². The molecule has 7 heteroatoms. The summed E-state index contributed by atoms with van der Waals surface area (Å²) >= 11 is 0. The molecule has 1 heterocycles. The molecule has 4 rings (SSSR count). The molecule has 0 saturated carbocycles. The molecule has 0 spiro atoms. The summed E-state index contributed by atoms with van der Waals surface area (Å²) in [5.74, 6) is -1.04. The van der Waals surface area contributed by atoms with E-state index in [1.165, 1.54) is 17.3 Å². The van der Waals surface area contributed by atoms with E-state index in [9.17, 15) is 9.59 Å². The van der Waals surface area contributed by atoms with Crippen molar-refractivity contribution in [2.45, 2.75) is 12.1 Å². The van der Waals surface area contributed by atoms with Gasteiger partial charge in [0, 0.05) is 12.1 Å². The molecule has 2 aromatic rings. The Morgan fingerprint density at radius 1 is 1.04 bits per heavy atom. The third-order valence-electron chi connectivity index (χ3n) is 4.78. The zero-order chi connectivity index (χ0) is 18.8. The normalized spacial score (nSPS) is 17.2. The van der Waals surface area contributed by atoms with Crippen molar-refractivity contribution in [2.24, 2.45) is 0 Å². The van der Waals surface area contributed by atoms with Gasteiger partial charge in [0.1, 0.15) is 18.5 Å². The number of benzene rings is 2. The second-order valence-corrected chi connectivity index (χ2v) is 6.43. The average molecular weight is 365 g/mol. The maximum Gasteiger partial charge on any atom is 0.407 e. The molecule has 0 aromatic heterocycles. The van der Waals surface area contributed by atoms with Gasteiger partial charge in [-0.3, -0.25) is 0 Å². The van der Waals surface area contributed by atoms with Crippen LogP contribution in [0.4, 0.5) is 4.79 Å². The predicted octanol–water partition coefficient (Wildman–Crippen LogP) is 1.97. The van der Waals surface area contributed by atoms with Gasteiger partial charge < -0.3 is 25.8 Å². The Labute approximate surface area is 156 Å². The van der Waals surface area contributed by atoms with Crippen LogP contribution in [-0.4, -0.2) is 36.5 Å². The highest BCUT2D eigenvalue weighted by molar-refractivity contribution is 5.86. The van der Waals surface area contributed by atoms with E-state index in [1.807, 2.05) is 24.3 Å². The lowest BCUT2D eigenvalue weighted by atomic mass is 9.98. The van der Waals surface area contributed by atoms with E-state index in [1.54, 1.807) is 0 Å². The van der Waals surface area contributed by atoms with Gasteiger partial charge in [0.15, 0.2) is 0 Å². The molecule has 0 fully saturated rings. The quantitative estimate of drug-likeness (QED) is 0.647. The van der Waals surface area contributed by atoms with Crippen molar-refractivity contribution in [3.8, 4) is 11.1 Å². The fourth-order valence-corrected chi connectivity index (χ4v) is 3.52. The van der Waals surface area contributed by atoms with E-state index in [4.69, 9.17) is 9.84 Å². The number of ether oxygens (including phenoxy) is 1. The molecule has 27 heavy (non-hydrogen) atoms. The van der Waals surface area contributed by atoms with Crippen LogP contribution in [0.2, 0.25) is 0 Å².